The van der Waals surface area contributed by atoms with Crippen LogP contribution in [-0.4, -0.2) is 5.91 Å². The third-order valence-electron chi connectivity index (χ3n) is 4.70. The van der Waals surface area contributed by atoms with Gasteiger partial charge in [0.15, 0.2) is 0 Å². The van der Waals surface area contributed by atoms with Gasteiger partial charge in [0.1, 0.15) is 0 Å². The lowest BCUT2D eigenvalue weighted by atomic mass is 9.76. The molecule has 0 radical (unpaired) electrons. The molecule has 0 bridgehead atoms. The van der Waals surface area contributed by atoms with E-state index in [-0.39, 0.29) is 17.4 Å². The molecule has 1 N–H and O–H groups in total. The van der Waals surface area contributed by atoms with E-state index in [0.29, 0.717) is 6.42 Å². The van der Waals surface area contributed by atoms with Crippen molar-refractivity contribution in [2.75, 3.05) is 0 Å². The molecule has 0 saturated carbocycles. The van der Waals surface area contributed by atoms with E-state index in [0.717, 1.165) is 25.7 Å². The van der Waals surface area contributed by atoms with Crippen molar-refractivity contribution in [2.24, 2.45) is 0 Å². The van der Waals surface area contributed by atoms with Crippen LogP contribution in [0.5, 0.6) is 0 Å². The molecule has 1 atom stereocenters. The number of hydrogen-bond donors (Lipinski definition) is 1. The van der Waals surface area contributed by atoms with Crippen molar-refractivity contribution in [1.82, 2.24) is 5.32 Å². The molecule has 0 saturated heterocycles. The highest BCUT2D eigenvalue weighted by Gasteiger charge is 2.29. The maximum Gasteiger partial charge on any atom is 0.220 e. The number of fused-ring (bicyclic) bond motifs is 1. The fourth-order valence-corrected chi connectivity index (χ4v) is 2.66. The van der Waals surface area contributed by atoms with Crippen LogP contribution in [0.1, 0.15) is 76.1 Å². The van der Waals surface area contributed by atoms with Crippen LogP contribution in [0.2, 0.25) is 0 Å². The van der Waals surface area contributed by atoms with E-state index in [2.05, 4.69) is 51.2 Å². The van der Waals surface area contributed by atoms with Crippen LogP contribution < -0.4 is 5.32 Å². The summed E-state index contributed by atoms with van der Waals surface area (Å²) in [6.07, 6.45) is 4.82. The summed E-state index contributed by atoms with van der Waals surface area (Å²) in [7, 11) is 0. The molecule has 1 aromatic carbocycles. The minimum atomic E-state index is 0.197. The monoisotopic (exact) mass is 273 g/mol. The zero-order valence-electron chi connectivity index (χ0n) is 13.3. The number of carbonyl (C=O) groups is 1. The van der Waals surface area contributed by atoms with E-state index in [4.69, 9.17) is 0 Å². The van der Waals surface area contributed by atoms with E-state index in [1.807, 2.05) is 0 Å². The van der Waals surface area contributed by atoms with Crippen LogP contribution in [0, 0.1) is 0 Å². The minimum absolute atomic E-state index is 0.197. The van der Waals surface area contributed by atoms with Crippen molar-refractivity contribution in [3.05, 3.63) is 34.9 Å². The van der Waals surface area contributed by atoms with Crippen LogP contribution >= 0.6 is 0 Å². The molecular formula is C18H27NO. The second-order valence-electron chi connectivity index (χ2n) is 6.58. The molecule has 20 heavy (non-hydrogen) atoms. The van der Waals surface area contributed by atoms with Gasteiger partial charge in [-0.25, -0.2) is 0 Å². The molecular weight excluding hydrogens is 246 g/mol. The minimum Gasteiger partial charge on any atom is -0.349 e. The van der Waals surface area contributed by atoms with Gasteiger partial charge in [0.2, 0.25) is 5.91 Å². The standard InChI is InChI=1S/C18H27NO/c1-5-7-8-17(20)19-16-11-13-9-10-14(12-15(13)16)18(3,4)6-2/h9-10,12,16H,5-8,11H2,1-4H3,(H,19,20). The number of carbonyl (C=O) groups excluding carboxylic acids is 1. The molecule has 1 unspecified atom stereocenters. The Morgan fingerprint density at radius 1 is 1.35 bits per heavy atom. The van der Waals surface area contributed by atoms with Gasteiger partial charge in [-0.15, -0.1) is 0 Å². The first-order valence-electron chi connectivity index (χ1n) is 7.90. The van der Waals surface area contributed by atoms with E-state index < -0.39 is 0 Å². The number of unbranched alkanes of at least 4 members (excludes halogenated alkanes) is 1. The van der Waals surface area contributed by atoms with E-state index >= 15 is 0 Å². The molecule has 2 heteroatoms. The van der Waals surface area contributed by atoms with Crippen LogP contribution in [0.3, 0.4) is 0 Å². The van der Waals surface area contributed by atoms with E-state index in [1.54, 1.807) is 0 Å². The average Bonchev–Trinajstić information content (AvgIpc) is 2.42. The average molecular weight is 273 g/mol. The van der Waals surface area contributed by atoms with Gasteiger partial charge in [0.25, 0.3) is 0 Å². The number of nitrogens with one attached hydrogen (secondary N) is 1. The maximum absolute atomic E-state index is 11.8. The fraction of sp³-hybridized carbons (Fsp3) is 0.611. The highest BCUT2D eigenvalue weighted by molar-refractivity contribution is 5.77. The molecule has 0 aromatic heterocycles. The predicted octanol–water partition coefficient (Wildman–Crippen LogP) is 4.28. The Balaban J connectivity index is 2.06. The second-order valence-corrected chi connectivity index (χ2v) is 6.58. The zero-order valence-corrected chi connectivity index (χ0v) is 13.3. The Bertz CT molecular complexity index is 490. The summed E-state index contributed by atoms with van der Waals surface area (Å²) in [5.41, 5.74) is 4.31. The summed E-state index contributed by atoms with van der Waals surface area (Å²) in [5.74, 6) is 0.197. The summed E-state index contributed by atoms with van der Waals surface area (Å²) in [6, 6.07) is 7.02. The molecule has 2 nitrogen and oxygen atoms in total. The SMILES string of the molecule is CCCCC(=O)NC1Cc2ccc(C(C)(C)CC)cc21. The highest BCUT2D eigenvalue weighted by atomic mass is 16.1. The van der Waals surface area contributed by atoms with Gasteiger partial charge in [-0.2, -0.15) is 0 Å². The Labute approximate surface area is 123 Å². The van der Waals surface area contributed by atoms with Crippen LogP contribution in [0.4, 0.5) is 0 Å². The second kappa shape index (κ2) is 5.99. The third kappa shape index (κ3) is 3.05. The number of hydrogen-bond acceptors (Lipinski definition) is 1. The summed E-state index contributed by atoms with van der Waals surface area (Å²) in [5, 5.41) is 3.17. The lowest BCUT2D eigenvalue weighted by Crippen LogP contribution is -2.36. The topological polar surface area (TPSA) is 29.1 Å². The van der Waals surface area contributed by atoms with Crippen LogP contribution in [0.15, 0.2) is 18.2 Å². The molecule has 1 aromatic rings. The molecule has 1 amide bonds. The Kier molecular flexibility index (Phi) is 4.52. The number of amides is 1. The first-order valence-corrected chi connectivity index (χ1v) is 7.90. The summed E-state index contributed by atoms with van der Waals surface area (Å²) < 4.78 is 0. The van der Waals surface area contributed by atoms with Crippen LogP contribution in [-0.2, 0) is 16.6 Å². The van der Waals surface area contributed by atoms with Gasteiger partial charge < -0.3 is 5.32 Å². The zero-order chi connectivity index (χ0) is 14.8. The lowest BCUT2D eigenvalue weighted by molar-refractivity contribution is -0.122. The van der Waals surface area contributed by atoms with E-state index in [1.165, 1.54) is 16.7 Å². The van der Waals surface area contributed by atoms with Crippen molar-refractivity contribution in [1.29, 1.82) is 0 Å². The quantitative estimate of drug-likeness (QED) is 0.823. The van der Waals surface area contributed by atoms with Gasteiger partial charge in [-0.1, -0.05) is 52.3 Å². The third-order valence-corrected chi connectivity index (χ3v) is 4.70. The number of benzene rings is 1. The van der Waals surface area contributed by atoms with E-state index in [9.17, 15) is 4.79 Å². The summed E-state index contributed by atoms with van der Waals surface area (Å²) in [6.45, 7) is 8.90. The summed E-state index contributed by atoms with van der Waals surface area (Å²) in [4.78, 5) is 11.8. The molecule has 0 fully saturated rings. The molecule has 0 aliphatic heterocycles. The van der Waals surface area contributed by atoms with Crippen molar-refractivity contribution in [2.45, 2.75) is 71.3 Å². The van der Waals surface area contributed by atoms with Crippen LogP contribution in [0.25, 0.3) is 0 Å². The predicted molar refractivity (Wildman–Crippen MR) is 83.9 cm³/mol. The van der Waals surface area contributed by atoms with Crippen molar-refractivity contribution >= 4 is 5.91 Å². The Hall–Kier alpha value is -1.31. The molecule has 1 aliphatic carbocycles. The normalized spacial score (nSPS) is 17.3. The number of rotatable bonds is 6. The van der Waals surface area contributed by atoms with Gasteiger partial charge >= 0.3 is 0 Å². The molecule has 0 heterocycles. The van der Waals surface area contributed by atoms with Crippen molar-refractivity contribution < 1.29 is 4.79 Å². The lowest BCUT2D eigenvalue weighted by Gasteiger charge is -2.34. The van der Waals surface area contributed by atoms with Crippen molar-refractivity contribution in [3.63, 3.8) is 0 Å². The first kappa shape index (κ1) is 15.1. The van der Waals surface area contributed by atoms with Gasteiger partial charge in [0.05, 0.1) is 6.04 Å². The highest BCUT2D eigenvalue weighted by Crippen LogP contribution is 2.37. The molecule has 1 aliphatic rings. The van der Waals surface area contributed by atoms with Crippen molar-refractivity contribution in [3.8, 4) is 0 Å². The molecule has 0 spiro atoms. The maximum atomic E-state index is 11.8. The van der Waals surface area contributed by atoms with Gasteiger partial charge in [0, 0.05) is 6.42 Å². The molecule has 2 rings (SSSR count). The largest absolute Gasteiger partial charge is 0.349 e. The Morgan fingerprint density at radius 2 is 2.10 bits per heavy atom. The Morgan fingerprint density at radius 3 is 2.75 bits per heavy atom. The molecule has 110 valence electrons. The van der Waals surface area contributed by atoms with Gasteiger partial charge in [-0.05, 0) is 41.4 Å². The smallest absolute Gasteiger partial charge is 0.220 e. The first-order chi connectivity index (χ1) is 9.47. The summed E-state index contributed by atoms with van der Waals surface area (Å²) >= 11 is 0. The van der Waals surface area contributed by atoms with Gasteiger partial charge in [-0.3, -0.25) is 4.79 Å². The fourth-order valence-electron chi connectivity index (χ4n) is 2.66.